The molecule has 0 saturated heterocycles. The summed E-state index contributed by atoms with van der Waals surface area (Å²) >= 11 is 0. The van der Waals surface area contributed by atoms with Gasteiger partial charge >= 0.3 is 0 Å². The second kappa shape index (κ2) is 5.50. The van der Waals surface area contributed by atoms with E-state index >= 15 is 0 Å². The first-order valence-electron chi connectivity index (χ1n) is 5.16. The number of unbranched alkanes of at least 4 members (excludes halogenated alkanes) is 1. The Kier molecular flexibility index (Phi) is 4.30. The molecule has 1 amide bonds. The van der Waals surface area contributed by atoms with Crippen molar-refractivity contribution in [2.45, 2.75) is 33.1 Å². The quantitative estimate of drug-likeness (QED) is 0.636. The van der Waals surface area contributed by atoms with Crippen LogP contribution in [0.3, 0.4) is 0 Å². The fraction of sp³-hybridized carbons (Fsp3) is 0.600. The number of H-pyrrole nitrogens is 1. The molecule has 1 heterocycles. The Labute approximate surface area is 89.4 Å². The van der Waals surface area contributed by atoms with Gasteiger partial charge in [0, 0.05) is 17.7 Å². The summed E-state index contributed by atoms with van der Waals surface area (Å²) in [4.78, 5) is 11.4. The van der Waals surface area contributed by atoms with Gasteiger partial charge in [-0.2, -0.15) is 5.10 Å². The molecule has 15 heavy (non-hydrogen) atoms. The molecule has 0 fully saturated rings. The van der Waals surface area contributed by atoms with Crippen molar-refractivity contribution in [1.29, 1.82) is 0 Å². The number of carbonyl (C=O) groups excluding carboxylic acids is 1. The van der Waals surface area contributed by atoms with Gasteiger partial charge in [-0.05, 0) is 33.2 Å². The first-order valence-corrected chi connectivity index (χ1v) is 5.16. The molecular formula is C10H18N4O. The molecule has 0 aliphatic carbocycles. The standard InChI is InChI=1S/C10H18N4O/c1-7-8(2)13-14-10(7)12-9(15)5-3-4-6-11/h3-6,11H2,1-2H3,(H2,12,13,14,15). The van der Waals surface area contributed by atoms with Crippen LogP contribution >= 0.6 is 0 Å². The number of hydrogen-bond donors (Lipinski definition) is 3. The van der Waals surface area contributed by atoms with Crippen molar-refractivity contribution in [3.8, 4) is 0 Å². The number of aromatic nitrogens is 2. The number of rotatable bonds is 5. The van der Waals surface area contributed by atoms with Crippen LogP contribution < -0.4 is 11.1 Å². The molecule has 5 nitrogen and oxygen atoms in total. The van der Waals surface area contributed by atoms with Gasteiger partial charge < -0.3 is 11.1 Å². The summed E-state index contributed by atoms with van der Waals surface area (Å²) in [5, 5.41) is 9.59. The third-order valence-corrected chi connectivity index (χ3v) is 2.37. The van der Waals surface area contributed by atoms with E-state index in [1.807, 2.05) is 13.8 Å². The fourth-order valence-electron chi connectivity index (χ4n) is 1.23. The molecule has 0 aromatic carbocycles. The number of hydrogen-bond acceptors (Lipinski definition) is 3. The van der Waals surface area contributed by atoms with Crippen LogP contribution in [0.25, 0.3) is 0 Å². The number of anilines is 1. The van der Waals surface area contributed by atoms with Gasteiger partial charge in [0.2, 0.25) is 5.91 Å². The maximum Gasteiger partial charge on any atom is 0.225 e. The zero-order chi connectivity index (χ0) is 11.3. The number of nitrogens with one attached hydrogen (secondary N) is 2. The highest BCUT2D eigenvalue weighted by atomic mass is 16.1. The van der Waals surface area contributed by atoms with Crippen LogP contribution in [0.15, 0.2) is 0 Å². The molecule has 1 aromatic heterocycles. The third kappa shape index (κ3) is 3.36. The van der Waals surface area contributed by atoms with Crippen LogP contribution in [-0.4, -0.2) is 22.6 Å². The summed E-state index contributed by atoms with van der Waals surface area (Å²) in [5.41, 5.74) is 7.31. The first kappa shape index (κ1) is 11.7. The van der Waals surface area contributed by atoms with Crippen LogP contribution in [0.5, 0.6) is 0 Å². The monoisotopic (exact) mass is 210 g/mol. The van der Waals surface area contributed by atoms with Gasteiger partial charge in [-0.1, -0.05) is 0 Å². The normalized spacial score (nSPS) is 10.3. The highest BCUT2D eigenvalue weighted by Gasteiger charge is 2.08. The molecule has 0 spiro atoms. The van der Waals surface area contributed by atoms with Gasteiger partial charge in [-0.3, -0.25) is 9.89 Å². The molecule has 0 bridgehead atoms. The van der Waals surface area contributed by atoms with Gasteiger partial charge in [0.15, 0.2) is 5.82 Å². The molecule has 0 aliphatic rings. The van der Waals surface area contributed by atoms with Gasteiger partial charge in [0.25, 0.3) is 0 Å². The summed E-state index contributed by atoms with van der Waals surface area (Å²) in [6.45, 7) is 4.48. The number of aryl methyl sites for hydroxylation is 1. The van der Waals surface area contributed by atoms with E-state index in [0.717, 1.165) is 24.1 Å². The van der Waals surface area contributed by atoms with Crippen LogP contribution in [-0.2, 0) is 4.79 Å². The Balaban J connectivity index is 2.41. The molecule has 4 N–H and O–H groups in total. The Morgan fingerprint density at radius 3 is 2.73 bits per heavy atom. The van der Waals surface area contributed by atoms with E-state index in [4.69, 9.17) is 5.73 Å². The minimum atomic E-state index is -0.00181. The lowest BCUT2D eigenvalue weighted by atomic mass is 10.2. The van der Waals surface area contributed by atoms with Crippen molar-refractivity contribution in [3.05, 3.63) is 11.3 Å². The third-order valence-electron chi connectivity index (χ3n) is 2.37. The molecule has 0 aliphatic heterocycles. The lowest BCUT2D eigenvalue weighted by molar-refractivity contribution is -0.116. The number of aromatic amines is 1. The molecule has 1 aromatic rings. The summed E-state index contributed by atoms with van der Waals surface area (Å²) in [7, 11) is 0. The van der Waals surface area contributed by atoms with Crippen LogP contribution in [0.2, 0.25) is 0 Å². The van der Waals surface area contributed by atoms with Crippen molar-refractivity contribution in [2.75, 3.05) is 11.9 Å². The van der Waals surface area contributed by atoms with Crippen LogP contribution in [0.4, 0.5) is 5.82 Å². The maximum atomic E-state index is 11.4. The molecule has 5 heteroatoms. The second-order valence-corrected chi connectivity index (χ2v) is 3.62. The number of nitrogens with zero attached hydrogens (tertiary/aromatic N) is 1. The van der Waals surface area contributed by atoms with Crippen molar-refractivity contribution in [1.82, 2.24) is 10.2 Å². The zero-order valence-electron chi connectivity index (χ0n) is 9.26. The largest absolute Gasteiger partial charge is 0.330 e. The topological polar surface area (TPSA) is 83.8 Å². The van der Waals surface area contributed by atoms with E-state index in [0.29, 0.717) is 18.8 Å². The molecule has 84 valence electrons. The minimum absolute atomic E-state index is 0.00181. The van der Waals surface area contributed by atoms with E-state index in [2.05, 4.69) is 15.5 Å². The Hall–Kier alpha value is -1.36. The van der Waals surface area contributed by atoms with Gasteiger partial charge in [-0.25, -0.2) is 0 Å². The maximum absolute atomic E-state index is 11.4. The summed E-state index contributed by atoms with van der Waals surface area (Å²) in [6.07, 6.45) is 2.21. The Morgan fingerprint density at radius 1 is 1.47 bits per heavy atom. The number of nitrogens with two attached hydrogens (primary N) is 1. The molecule has 1 rings (SSSR count). The van der Waals surface area contributed by atoms with Crippen molar-refractivity contribution in [3.63, 3.8) is 0 Å². The van der Waals surface area contributed by atoms with Gasteiger partial charge in [0.1, 0.15) is 0 Å². The molecule has 0 radical (unpaired) electrons. The summed E-state index contributed by atoms with van der Waals surface area (Å²) < 4.78 is 0. The van der Waals surface area contributed by atoms with Crippen LogP contribution in [0, 0.1) is 13.8 Å². The van der Waals surface area contributed by atoms with E-state index < -0.39 is 0 Å². The van der Waals surface area contributed by atoms with E-state index in [1.54, 1.807) is 0 Å². The summed E-state index contributed by atoms with van der Waals surface area (Å²) in [6, 6.07) is 0. The highest BCUT2D eigenvalue weighted by molar-refractivity contribution is 5.90. The predicted octanol–water partition coefficient (Wildman–Crippen LogP) is 1.09. The predicted molar refractivity (Wildman–Crippen MR) is 59.6 cm³/mol. The average Bonchev–Trinajstić information content (AvgIpc) is 2.50. The SMILES string of the molecule is Cc1[nH]nc(NC(=O)CCCCN)c1C. The fourth-order valence-corrected chi connectivity index (χ4v) is 1.23. The van der Waals surface area contributed by atoms with Crippen molar-refractivity contribution in [2.24, 2.45) is 5.73 Å². The highest BCUT2D eigenvalue weighted by Crippen LogP contribution is 2.14. The van der Waals surface area contributed by atoms with Crippen molar-refractivity contribution >= 4 is 11.7 Å². The number of carbonyl (C=O) groups is 1. The number of amides is 1. The average molecular weight is 210 g/mol. The first-order chi connectivity index (χ1) is 7.15. The lowest BCUT2D eigenvalue weighted by Crippen LogP contribution is -2.13. The molecule has 0 unspecified atom stereocenters. The smallest absolute Gasteiger partial charge is 0.225 e. The lowest BCUT2D eigenvalue weighted by Gasteiger charge is -2.02. The van der Waals surface area contributed by atoms with Crippen molar-refractivity contribution < 1.29 is 4.79 Å². The Bertz CT molecular complexity index is 332. The van der Waals surface area contributed by atoms with Gasteiger partial charge in [-0.15, -0.1) is 0 Å². The zero-order valence-corrected chi connectivity index (χ0v) is 9.26. The molecule has 0 atom stereocenters. The molecular weight excluding hydrogens is 192 g/mol. The van der Waals surface area contributed by atoms with E-state index in [-0.39, 0.29) is 5.91 Å². The second-order valence-electron chi connectivity index (χ2n) is 3.62. The molecule has 0 saturated carbocycles. The van der Waals surface area contributed by atoms with Gasteiger partial charge in [0.05, 0.1) is 0 Å². The van der Waals surface area contributed by atoms with E-state index in [1.165, 1.54) is 0 Å². The van der Waals surface area contributed by atoms with Crippen LogP contribution in [0.1, 0.15) is 30.5 Å². The van der Waals surface area contributed by atoms with E-state index in [9.17, 15) is 4.79 Å². The minimum Gasteiger partial charge on any atom is -0.330 e. The summed E-state index contributed by atoms with van der Waals surface area (Å²) in [5.74, 6) is 0.628. The Morgan fingerprint density at radius 2 is 2.20 bits per heavy atom.